The van der Waals surface area contributed by atoms with E-state index in [-0.39, 0.29) is 30.6 Å². The number of carbonyl (C=O) groups excluding carboxylic acids is 2. The second-order valence-corrected chi connectivity index (χ2v) is 3.95. The molecule has 0 fully saturated rings. The number of ether oxygens (including phenoxy) is 2. The van der Waals surface area contributed by atoms with E-state index in [1.54, 1.807) is 0 Å². The molecular formula is C13H13F3O4. The third-order valence-corrected chi connectivity index (χ3v) is 2.42. The maximum absolute atomic E-state index is 12.2. The van der Waals surface area contributed by atoms with Crippen molar-refractivity contribution in [3.05, 3.63) is 29.8 Å². The molecule has 0 atom stereocenters. The third kappa shape index (κ3) is 5.73. The minimum Gasteiger partial charge on any atom is -0.469 e. The van der Waals surface area contributed by atoms with Crippen LogP contribution in [0.15, 0.2) is 24.3 Å². The maximum Gasteiger partial charge on any atom is 0.573 e. The minimum atomic E-state index is -4.81. The number of ketones is 1. The predicted molar refractivity (Wildman–Crippen MR) is 63.1 cm³/mol. The van der Waals surface area contributed by atoms with Crippen LogP contribution < -0.4 is 4.74 Å². The first-order valence-corrected chi connectivity index (χ1v) is 5.74. The summed E-state index contributed by atoms with van der Waals surface area (Å²) in [5, 5.41) is 0. The first kappa shape index (κ1) is 16.0. The van der Waals surface area contributed by atoms with E-state index < -0.39 is 18.1 Å². The van der Waals surface area contributed by atoms with Crippen LogP contribution in [0.1, 0.15) is 18.4 Å². The van der Waals surface area contributed by atoms with Gasteiger partial charge in [0.15, 0.2) is 0 Å². The lowest BCUT2D eigenvalue weighted by Crippen LogP contribution is -2.18. The van der Waals surface area contributed by atoms with Crippen molar-refractivity contribution >= 4 is 11.8 Å². The lowest BCUT2D eigenvalue weighted by Gasteiger charge is -2.12. The van der Waals surface area contributed by atoms with E-state index in [0.717, 1.165) is 6.07 Å². The maximum atomic E-state index is 12.2. The Morgan fingerprint density at radius 2 is 1.80 bits per heavy atom. The van der Waals surface area contributed by atoms with Crippen molar-refractivity contribution in [2.45, 2.75) is 25.6 Å². The van der Waals surface area contributed by atoms with E-state index in [2.05, 4.69) is 9.47 Å². The number of esters is 1. The highest BCUT2D eigenvalue weighted by Crippen LogP contribution is 2.26. The SMILES string of the molecule is COC(=O)CCC(=O)Cc1ccccc1OC(F)(F)F. The molecule has 0 aromatic heterocycles. The number of benzene rings is 1. The second-order valence-electron chi connectivity index (χ2n) is 3.95. The molecule has 20 heavy (non-hydrogen) atoms. The molecular weight excluding hydrogens is 277 g/mol. The zero-order valence-electron chi connectivity index (χ0n) is 10.7. The molecule has 1 rings (SSSR count). The fourth-order valence-electron chi connectivity index (χ4n) is 1.52. The molecule has 0 aliphatic carbocycles. The van der Waals surface area contributed by atoms with Crippen molar-refractivity contribution in [1.82, 2.24) is 0 Å². The fourth-order valence-corrected chi connectivity index (χ4v) is 1.52. The van der Waals surface area contributed by atoms with Crippen LogP contribution >= 0.6 is 0 Å². The van der Waals surface area contributed by atoms with Gasteiger partial charge in [-0.1, -0.05) is 18.2 Å². The summed E-state index contributed by atoms with van der Waals surface area (Å²) in [5.74, 6) is -1.32. The largest absolute Gasteiger partial charge is 0.573 e. The molecule has 0 bridgehead atoms. The quantitative estimate of drug-likeness (QED) is 0.756. The van der Waals surface area contributed by atoms with E-state index in [9.17, 15) is 22.8 Å². The number of rotatable bonds is 6. The minimum absolute atomic E-state index is 0.0903. The number of alkyl halides is 3. The number of hydrogen-bond acceptors (Lipinski definition) is 4. The highest BCUT2D eigenvalue weighted by Gasteiger charge is 2.32. The molecule has 0 saturated heterocycles. The molecule has 1 aromatic carbocycles. The summed E-state index contributed by atoms with van der Waals surface area (Å²) >= 11 is 0. The molecule has 4 nitrogen and oxygen atoms in total. The van der Waals surface area contributed by atoms with Gasteiger partial charge in [0.05, 0.1) is 13.5 Å². The summed E-state index contributed by atoms with van der Waals surface area (Å²) in [6, 6.07) is 5.39. The van der Waals surface area contributed by atoms with Crippen molar-refractivity contribution in [3.63, 3.8) is 0 Å². The molecule has 0 N–H and O–H groups in total. The van der Waals surface area contributed by atoms with Crippen LogP contribution in [0.5, 0.6) is 5.75 Å². The number of halogens is 3. The fraction of sp³-hybridized carbons (Fsp3) is 0.385. The molecule has 0 unspecified atom stereocenters. The first-order valence-electron chi connectivity index (χ1n) is 5.74. The molecule has 0 spiro atoms. The molecule has 110 valence electrons. The summed E-state index contributed by atoms with van der Waals surface area (Å²) < 4.78 is 44.8. The smallest absolute Gasteiger partial charge is 0.469 e. The van der Waals surface area contributed by atoms with Gasteiger partial charge in [0.1, 0.15) is 11.5 Å². The summed E-state index contributed by atoms with van der Waals surface area (Å²) in [5.41, 5.74) is 0.125. The number of hydrogen-bond donors (Lipinski definition) is 0. The highest BCUT2D eigenvalue weighted by molar-refractivity contribution is 5.85. The zero-order chi connectivity index (χ0) is 15.2. The molecule has 0 saturated carbocycles. The predicted octanol–water partition coefficient (Wildman–Crippen LogP) is 2.65. The second kappa shape index (κ2) is 6.93. The Hall–Kier alpha value is -2.05. The van der Waals surface area contributed by atoms with Gasteiger partial charge in [-0.05, 0) is 6.07 Å². The van der Waals surface area contributed by atoms with E-state index >= 15 is 0 Å². The molecule has 0 aliphatic rings. The molecule has 0 amide bonds. The van der Waals surface area contributed by atoms with Crippen LogP contribution in [0, 0.1) is 0 Å². The lowest BCUT2D eigenvalue weighted by atomic mass is 10.0. The standard InChI is InChI=1S/C13H13F3O4/c1-19-12(18)7-6-10(17)8-9-4-2-3-5-11(9)20-13(14,15)16/h2-5H,6-8H2,1H3. The van der Waals surface area contributed by atoms with E-state index in [4.69, 9.17) is 0 Å². The van der Waals surface area contributed by atoms with E-state index in [1.807, 2.05) is 0 Å². The van der Waals surface area contributed by atoms with Crippen molar-refractivity contribution in [2.75, 3.05) is 7.11 Å². The Bertz CT molecular complexity index is 483. The van der Waals surface area contributed by atoms with Crippen molar-refractivity contribution in [1.29, 1.82) is 0 Å². The number of para-hydroxylation sites is 1. The third-order valence-electron chi connectivity index (χ3n) is 2.42. The van der Waals surface area contributed by atoms with Gasteiger partial charge in [0, 0.05) is 18.4 Å². The van der Waals surface area contributed by atoms with Gasteiger partial charge < -0.3 is 9.47 Å². The van der Waals surface area contributed by atoms with Gasteiger partial charge >= 0.3 is 12.3 Å². The molecule has 7 heteroatoms. The lowest BCUT2D eigenvalue weighted by molar-refractivity contribution is -0.274. The Labute approximate surface area is 113 Å². The van der Waals surface area contributed by atoms with Gasteiger partial charge in [-0.2, -0.15) is 0 Å². The van der Waals surface area contributed by atoms with Crippen LogP contribution in [0.2, 0.25) is 0 Å². The number of methoxy groups -OCH3 is 1. The Balaban J connectivity index is 2.67. The van der Waals surface area contributed by atoms with E-state index in [1.165, 1.54) is 25.3 Å². The summed E-state index contributed by atoms with van der Waals surface area (Å²) in [6.45, 7) is 0. The van der Waals surface area contributed by atoms with Crippen LogP contribution in [0.3, 0.4) is 0 Å². The number of carbonyl (C=O) groups is 2. The average Bonchev–Trinajstić information content (AvgIpc) is 2.36. The summed E-state index contributed by atoms with van der Waals surface area (Å²) in [6.07, 6.45) is -5.24. The van der Waals surface area contributed by atoms with Gasteiger partial charge in [-0.15, -0.1) is 13.2 Å². The van der Waals surface area contributed by atoms with Crippen LogP contribution in [0.25, 0.3) is 0 Å². The molecule has 0 radical (unpaired) electrons. The van der Waals surface area contributed by atoms with Crippen LogP contribution in [0.4, 0.5) is 13.2 Å². The van der Waals surface area contributed by atoms with Crippen molar-refractivity contribution in [2.24, 2.45) is 0 Å². The normalized spacial score (nSPS) is 11.0. The van der Waals surface area contributed by atoms with Gasteiger partial charge in [0.25, 0.3) is 0 Å². The van der Waals surface area contributed by atoms with Crippen LogP contribution in [-0.2, 0) is 20.7 Å². The van der Waals surface area contributed by atoms with Crippen molar-refractivity contribution in [3.8, 4) is 5.75 Å². The summed E-state index contributed by atoms with van der Waals surface area (Å²) in [4.78, 5) is 22.5. The Kier molecular flexibility index (Phi) is 5.54. The molecule has 1 aromatic rings. The number of Topliss-reactive ketones (excluding diaryl/α,β-unsaturated/α-hetero) is 1. The van der Waals surface area contributed by atoms with Crippen molar-refractivity contribution < 1.29 is 32.2 Å². The summed E-state index contributed by atoms with van der Waals surface area (Å²) in [7, 11) is 1.19. The zero-order valence-corrected chi connectivity index (χ0v) is 10.7. The Morgan fingerprint density at radius 3 is 2.40 bits per heavy atom. The topological polar surface area (TPSA) is 52.6 Å². The van der Waals surface area contributed by atoms with Gasteiger partial charge in [-0.3, -0.25) is 9.59 Å². The van der Waals surface area contributed by atoms with Gasteiger partial charge in [0.2, 0.25) is 0 Å². The first-order chi connectivity index (χ1) is 9.31. The van der Waals surface area contributed by atoms with E-state index in [0.29, 0.717) is 0 Å². The highest BCUT2D eigenvalue weighted by atomic mass is 19.4. The van der Waals surface area contributed by atoms with Crippen LogP contribution in [-0.4, -0.2) is 25.2 Å². The van der Waals surface area contributed by atoms with Gasteiger partial charge in [-0.25, -0.2) is 0 Å². The monoisotopic (exact) mass is 290 g/mol. The Morgan fingerprint density at radius 1 is 1.15 bits per heavy atom. The molecule has 0 aliphatic heterocycles. The molecule has 0 heterocycles. The average molecular weight is 290 g/mol.